The first-order chi connectivity index (χ1) is 16.1. The van der Waals surface area contributed by atoms with Crippen molar-refractivity contribution in [2.45, 2.75) is 37.7 Å². The van der Waals surface area contributed by atoms with Gasteiger partial charge < -0.3 is 10.2 Å². The number of nitrogens with zero attached hydrogens (tertiary/aromatic N) is 1. The molecule has 1 unspecified atom stereocenters. The van der Waals surface area contributed by atoms with Gasteiger partial charge in [-0.15, -0.1) is 0 Å². The summed E-state index contributed by atoms with van der Waals surface area (Å²) in [6.45, 7) is 0.649. The molecule has 0 spiro atoms. The second-order valence-corrected chi connectivity index (χ2v) is 8.70. The third kappa shape index (κ3) is 6.07. The number of hydrogen-bond acceptors (Lipinski definition) is 4. The number of carbonyl (C=O) groups excluding carboxylic acids is 2. The molecule has 3 rings (SSSR count). The normalized spacial score (nSPS) is 18.1. The second kappa shape index (κ2) is 9.69. The van der Waals surface area contributed by atoms with Crippen LogP contribution in [0.25, 0.3) is 0 Å². The summed E-state index contributed by atoms with van der Waals surface area (Å²) in [6.07, 6.45) is -12.0. The molecule has 2 aromatic carbocycles. The third-order valence-corrected chi connectivity index (χ3v) is 5.60. The lowest BCUT2D eigenvalue weighted by molar-refractivity contribution is -0.275. The summed E-state index contributed by atoms with van der Waals surface area (Å²) in [5, 5.41) is 5.69. The molecule has 35 heavy (non-hydrogen) atoms. The van der Waals surface area contributed by atoms with E-state index in [-0.39, 0.29) is 32.4 Å². The second-order valence-electron chi connectivity index (χ2n) is 7.83. The molecule has 1 atom stereocenters. The van der Waals surface area contributed by atoms with Crippen LogP contribution in [0.1, 0.15) is 39.9 Å². The van der Waals surface area contributed by atoms with Crippen LogP contribution in [0.4, 0.5) is 26.3 Å². The third-order valence-electron chi connectivity index (χ3n) is 5.16. The van der Waals surface area contributed by atoms with Crippen molar-refractivity contribution >= 4 is 40.6 Å². The van der Waals surface area contributed by atoms with Gasteiger partial charge in [-0.3, -0.25) is 9.59 Å². The molecule has 2 aromatic rings. The number of hydrogen-bond donors (Lipinski definition) is 1. The first kappa shape index (κ1) is 26.8. The van der Waals surface area contributed by atoms with Gasteiger partial charge in [-0.2, -0.15) is 26.3 Å². The van der Waals surface area contributed by atoms with Gasteiger partial charge in [0.25, 0.3) is 11.5 Å². The van der Waals surface area contributed by atoms with Crippen molar-refractivity contribution in [2.24, 2.45) is 5.16 Å². The zero-order valence-electron chi connectivity index (χ0n) is 17.8. The van der Waals surface area contributed by atoms with Crippen LogP contribution >= 0.6 is 23.2 Å². The summed E-state index contributed by atoms with van der Waals surface area (Å²) < 4.78 is 79.1. The van der Waals surface area contributed by atoms with Crippen LogP contribution in [-0.2, 0) is 15.2 Å². The van der Waals surface area contributed by atoms with E-state index in [1.54, 1.807) is 0 Å². The molecule has 0 aliphatic carbocycles. The predicted molar refractivity (Wildman–Crippen MR) is 116 cm³/mol. The minimum absolute atomic E-state index is 0.0203. The van der Waals surface area contributed by atoms with Gasteiger partial charge in [0.1, 0.15) is 6.42 Å². The molecule has 1 aliphatic heterocycles. The van der Waals surface area contributed by atoms with Crippen LogP contribution in [0, 0.1) is 6.92 Å². The molecule has 1 N–H and O–H groups in total. The lowest BCUT2D eigenvalue weighted by Gasteiger charge is -2.29. The predicted octanol–water partition coefficient (Wildman–Crippen LogP) is 6.14. The Kier molecular flexibility index (Phi) is 7.42. The molecular weight excluding hydrogens is 525 g/mol. The lowest BCUT2D eigenvalue weighted by Crippen LogP contribution is -2.42. The standard InChI is InChI=1S/C22H16Cl2F6N2O3/c1-11-4-12(2-3-17(11)19(34)31-10-16(33)8-21(25,26)27)18-9-20(35-32-18,22(28,29)30)13-5-14(23)7-15(24)6-13/h2-7H,8-10H2,1H3,(H,31,34). The molecule has 0 aromatic heterocycles. The first-order valence-corrected chi connectivity index (χ1v) is 10.6. The summed E-state index contributed by atoms with van der Waals surface area (Å²) in [4.78, 5) is 28.5. The molecule has 1 aliphatic rings. The van der Waals surface area contributed by atoms with Crippen molar-refractivity contribution in [1.29, 1.82) is 0 Å². The van der Waals surface area contributed by atoms with Crippen LogP contribution in [0.15, 0.2) is 41.6 Å². The number of oxime groups is 1. The highest BCUT2D eigenvalue weighted by Gasteiger charge is 2.62. The van der Waals surface area contributed by atoms with Gasteiger partial charge in [-0.1, -0.05) is 34.4 Å². The van der Waals surface area contributed by atoms with Crippen LogP contribution in [0.5, 0.6) is 0 Å². The van der Waals surface area contributed by atoms with E-state index in [1.807, 2.05) is 0 Å². The van der Waals surface area contributed by atoms with E-state index in [9.17, 15) is 35.9 Å². The molecule has 5 nitrogen and oxygen atoms in total. The average Bonchev–Trinajstić information content (AvgIpc) is 3.17. The number of halogens is 8. The summed E-state index contributed by atoms with van der Waals surface area (Å²) >= 11 is 11.8. The quantitative estimate of drug-likeness (QED) is 0.448. The maximum Gasteiger partial charge on any atom is 0.435 e. The van der Waals surface area contributed by atoms with Crippen LogP contribution in [-0.4, -0.2) is 36.3 Å². The van der Waals surface area contributed by atoms with E-state index in [0.717, 1.165) is 12.1 Å². The Morgan fingerprint density at radius 2 is 1.69 bits per heavy atom. The number of rotatable bonds is 6. The van der Waals surface area contributed by atoms with Crippen molar-refractivity contribution < 1.29 is 40.8 Å². The van der Waals surface area contributed by atoms with E-state index < -0.39 is 49.0 Å². The largest absolute Gasteiger partial charge is 0.435 e. The summed E-state index contributed by atoms with van der Waals surface area (Å²) in [5.41, 5.74) is -2.68. The molecule has 0 saturated heterocycles. The molecular formula is C22H16Cl2F6N2O3. The number of carbonyl (C=O) groups is 2. The van der Waals surface area contributed by atoms with E-state index in [0.29, 0.717) is 5.56 Å². The van der Waals surface area contributed by atoms with Crippen LogP contribution in [0.3, 0.4) is 0 Å². The number of nitrogens with one attached hydrogen (secondary N) is 1. The number of Topliss-reactive ketones (excluding diaryl/α,β-unsaturated/α-hetero) is 1. The van der Waals surface area contributed by atoms with Gasteiger partial charge >= 0.3 is 12.4 Å². The van der Waals surface area contributed by atoms with Crippen molar-refractivity contribution in [3.05, 3.63) is 68.7 Å². The fourth-order valence-electron chi connectivity index (χ4n) is 3.50. The van der Waals surface area contributed by atoms with E-state index in [2.05, 4.69) is 10.5 Å². The van der Waals surface area contributed by atoms with Gasteiger partial charge in [0, 0.05) is 27.6 Å². The molecule has 1 heterocycles. The minimum Gasteiger partial charge on any atom is -0.374 e. The Balaban J connectivity index is 1.80. The van der Waals surface area contributed by atoms with E-state index >= 15 is 0 Å². The Bertz CT molecular complexity index is 1180. The van der Waals surface area contributed by atoms with Crippen LogP contribution in [0.2, 0.25) is 10.0 Å². The molecule has 188 valence electrons. The van der Waals surface area contributed by atoms with Crippen molar-refractivity contribution in [1.82, 2.24) is 5.32 Å². The number of aryl methyl sites for hydroxylation is 1. The summed E-state index contributed by atoms with van der Waals surface area (Å²) in [6, 6.07) is 7.40. The molecule has 0 bridgehead atoms. The maximum atomic E-state index is 14.1. The highest BCUT2D eigenvalue weighted by molar-refractivity contribution is 6.34. The van der Waals surface area contributed by atoms with Crippen molar-refractivity contribution in [3.8, 4) is 0 Å². The number of ketones is 1. The highest BCUT2D eigenvalue weighted by atomic mass is 35.5. The van der Waals surface area contributed by atoms with E-state index in [1.165, 1.54) is 31.2 Å². The van der Waals surface area contributed by atoms with Gasteiger partial charge in [0.15, 0.2) is 5.78 Å². The zero-order valence-corrected chi connectivity index (χ0v) is 19.3. The molecule has 13 heteroatoms. The minimum atomic E-state index is -4.88. The smallest absolute Gasteiger partial charge is 0.374 e. The van der Waals surface area contributed by atoms with Crippen molar-refractivity contribution in [2.75, 3.05) is 6.54 Å². The molecule has 0 saturated carbocycles. The fourth-order valence-corrected chi connectivity index (χ4v) is 4.03. The molecule has 0 radical (unpaired) electrons. The Labute approximate surface area is 205 Å². The van der Waals surface area contributed by atoms with Gasteiger partial charge in [0.05, 0.1) is 12.3 Å². The summed E-state index contributed by atoms with van der Waals surface area (Å²) in [7, 11) is 0. The molecule has 0 fully saturated rings. The number of benzene rings is 2. The Morgan fingerprint density at radius 3 is 2.23 bits per heavy atom. The summed E-state index contributed by atoms with van der Waals surface area (Å²) in [5.74, 6) is -2.03. The first-order valence-electron chi connectivity index (χ1n) is 9.87. The lowest BCUT2D eigenvalue weighted by atomic mass is 9.86. The SMILES string of the molecule is Cc1cc(C2=NOC(c3cc(Cl)cc(Cl)c3)(C(F)(F)F)C2)ccc1C(=O)NCC(=O)CC(F)(F)F. The van der Waals surface area contributed by atoms with Crippen molar-refractivity contribution in [3.63, 3.8) is 0 Å². The Morgan fingerprint density at radius 1 is 1.06 bits per heavy atom. The highest BCUT2D eigenvalue weighted by Crippen LogP contribution is 2.49. The van der Waals surface area contributed by atoms with Gasteiger partial charge in [-0.25, -0.2) is 0 Å². The number of alkyl halides is 6. The Hall–Kier alpha value is -2.79. The fraction of sp³-hybridized carbons (Fsp3) is 0.318. The maximum absolute atomic E-state index is 14.1. The number of amides is 1. The van der Waals surface area contributed by atoms with Crippen LogP contribution < -0.4 is 5.32 Å². The van der Waals surface area contributed by atoms with E-state index in [4.69, 9.17) is 28.0 Å². The van der Waals surface area contributed by atoms with Gasteiger partial charge in [0.2, 0.25) is 0 Å². The molecule has 1 amide bonds. The average molecular weight is 541 g/mol. The zero-order chi connectivity index (χ0) is 26.2. The monoisotopic (exact) mass is 540 g/mol. The topological polar surface area (TPSA) is 67.8 Å². The van der Waals surface area contributed by atoms with Gasteiger partial charge in [-0.05, 0) is 48.4 Å².